The van der Waals surface area contributed by atoms with Crippen molar-refractivity contribution in [2.24, 2.45) is 0 Å². The average molecular weight is 525 g/mol. The number of benzene rings is 3. The Hall–Kier alpha value is -5.39. The molecule has 0 saturated heterocycles. The fraction of sp³-hybridized carbons (Fsp3) is 0.148. The first-order chi connectivity index (χ1) is 18.7. The van der Waals surface area contributed by atoms with Crippen LogP contribution in [0, 0.1) is 20.2 Å². The monoisotopic (exact) mass is 525 g/mol. The van der Waals surface area contributed by atoms with Crippen LogP contribution in [0.25, 0.3) is 43.6 Å². The summed E-state index contributed by atoms with van der Waals surface area (Å²) in [7, 11) is 0. The number of allylic oxidation sites excluding steroid dienone is 2. The lowest BCUT2D eigenvalue weighted by Crippen LogP contribution is -2.34. The predicted molar refractivity (Wildman–Crippen MR) is 143 cm³/mol. The number of H-pyrrole nitrogens is 2. The van der Waals surface area contributed by atoms with Gasteiger partial charge in [0.25, 0.3) is 23.2 Å². The van der Waals surface area contributed by atoms with Crippen molar-refractivity contribution in [1.82, 2.24) is 14.9 Å². The van der Waals surface area contributed by atoms with Gasteiger partial charge in [0.05, 0.1) is 32.0 Å². The van der Waals surface area contributed by atoms with E-state index in [2.05, 4.69) is 22.1 Å². The summed E-state index contributed by atoms with van der Waals surface area (Å²) in [5, 5.41) is 23.9. The van der Waals surface area contributed by atoms with Crippen LogP contribution in [0.15, 0.2) is 48.6 Å². The Balaban J connectivity index is 0.000000500. The molecule has 1 aliphatic heterocycles. The van der Waals surface area contributed by atoms with Crippen molar-refractivity contribution in [2.45, 2.75) is 26.2 Å². The fourth-order valence-electron chi connectivity index (χ4n) is 5.35. The Morgan fingerprint density at radius 3 is 1.56 bits per heavy atom. The van der Waals surface area contributed by atoms with Crippen molar-refractivity contribution in [3.05, 3.63) is 79.9 Å². The lowest BCUT2D eigenvalue weighted by Gasteiger charge is -2.07. The van der Waals surface area contributed by atoms with Crippen LogP contribution in [0.1, 0.15) is 46.9 Å². The number of carbonyl (C=O) groups excluding carboxylic acids is 3. The van der Waals surface area contributed by atoms with Gasteiger partial charge >= 0.3 is 0 Å². The Labute approximate surface area is 218 Å². The SMILES string of the molecule is C1=CCCC1.CC(=O)N1C(=O)c2c(c3c4cc([N+](=O)[O-])ccc4[nH]c3c3[nH]c4ccc([N+](=O)[O-])cc4c23)C1=O. The van der Waals surface area contributed by atoms with Gasteiger partial charge in [0.15, 0.2) is 0 Å². The molecular formula is C27H19N5O7. The highest BCUT2D eigenvalue weighted by Crippen LogP contribution is 2.44. The third kappa shape index (κ3) is 3.49. The zero-order valence-corrected chi connectivity index (χ0v) is 20.4. The topological polar surface area (TPSA) is 172 Å². The first-order valence-corrected chi connectivity index (χ1v) is 12.1. The molecule has 7 rings (SSSR count). The fourth-order valence-corrected chi connectivity index (χ4v) is 5.35. The zero-order chi connectivity index (χ0) is 27.6. The number of nitrogens with zero attached hydrogens (tertiary/aromatic N) is 3. The van der Waals surface area contributed by atoms with E-state index in [-0.39, 0.29) is 33.3 Å². The number of hydrogen-bond acceptors (Lipinski definition) is 7. The molecule has 0 unspecified atom stereocenters. The van der Waals surface area contributed by atoms with Crippen molar-refractivity contribution in [1.29, 1.82) is 0 Å². The number of carbonyl (C=O) groups is 3. The second-order valence-corrected chi connectivity index (χ2v) is 9.34. The minimum Gasteiger partial charge on any atom is -0.353 e. The molecule has 12 nitrogen and oxygen atoms in total. The van der Waals surface area contributed by atoms with Crippen LogP contribution >= 0.6 is 0 Å². The third-order valence-corrected chi connectivity index (χ3v) is 7.04. The summed E-state index contributed by atoms with van der Waals surface area (Å²) >= 11 is 0. The van der Waals surface area contributed by atoms with E-state index in [0.29, 0.717) is 37.7 Å². The van der Waals surface area contributed by atoms with E-state index in [4.69, 9.17) is 0 Å². The van der Waals surface area contributed by atoms with Gasteiger partial charge in [0, 0.05) is 63.8 Å². The Bertz CT molecular complexity index is 1850. The molecule has 39 heavy (non-hydrogen) atoms. The Morgan fingerprint density at radius 1 is 0.795 bits per heavy atom. The average Bonchev–Trinajstić information content (AvgIpc) is 3.69. The van der Waals surface area contributed by atoms with Crippen LogP contribution in [0.3, 0.4) is 0 Å². The van der Waals surface area contributed by atoms with Gasteiger partial charge in [-0.3, -0.25) is 34.6 Å². The molecule has 2 N–H and O–H groups in total. The number of rotatable bonds is 2. The van der Waals surface area contributed by atoms with Crippen LogP contribution in [0.4, 0.5) is 11.4 Å². The maximum atomic E-state index is 13.3. The third-order valence-electron chi connectivity index (χ3n) is 7.04. The van der Waals surface area contributed by atoms with E-state index < -0.39 is 27.6 Å². The minimum absolute atomic E-state index is 0.0816. The number of hydrogen-bond donors (Lipinski definition) is 2. The Morgan fingerprint density at radius 2 is 1.23 bits per heavy atom. The Kier molecular flexibility index (Phi) is 5.28. The van der Waals surface area contributed by atoms with Crippen LogP contribution in [-0.4, -0.2) is 42.4 Å². The van der Waals surface area contributed by atoms with Crippen molar-refractivity contribution < 1.29 is 24.2 Å². The van der Waals surface area contributed by atoms with E-state index in [0.717, 1.165) is 6.92 Å². The van der Waals surface area contributed by atoms with E-state index in [1.807, 2.05) is 0 Å². The van der Waals surface area contributed by atoms with E-state index >= 15 is 0 Å². The van der Waals surface area contributed by atoms with Crippen LogP contribution in [0.5, 0.6) is 0 Å². The molecule has 2 aromatic heterocycles. The van der Waals surface area contributed by atoms with Crippen LogP contribution in [0.2, 0.25) is 0 Å². The lowest BCUT2D eigenvalue weighted by molar-refractivity contribution is -0.384. The van der Waals surface area contributed by atoms with Gasteiger partial charge in [0.1, 0.15) is 0 Å². The maximum Gasteiger partial charge on any atom is 0.270 e. The molecule has 0 radical (unpaired) electrons. The van der Waals surface area contributed by atoms with Gasteiger partial charge < -0.3 is 9.97 Å². The molecule has 12 heteroatoms. The lowest BCUT2D eigenvalue weighted by atomic mass is 9.96. The largest absolute Gasteiger partial charge is 0.353 e. The molecule has 2 aliphatic rings. The number of imide groups is 3. The van der Waals surface area contributed by atoms with Crippen molar-refractivity contribution in [2.75, 3.05) is 0 Å². The molecular weight excluding hydrogens is 506 g/mol. The quantitative estimate of drug-likeness (QED) is 0.130. The first kappa shape index (κ1) is 24.0. The van der Waals surface area contributed by atoms with Crippen molar-refractivity contribution >= 4 is 72.7 Å². The molecule has 0 bridgehead atoms. The number of amides is 3. The van der Waals surface area contributed by atoms with Crippen molar-refractivity contribution in [3.8, 4) is 0 Å². The molecule has 3 aromatic carbocycles. The second-order valence-electron chi connectivity index (χ2n) is 9.34. The predicted octanol–water partition coefficient (Wildman–Crippen LogP) is 5.64. The number of non-ortho nitro benzene ring substituents is 2. The van der Waals surface area contributed by atoms with Gasteiger partial charge in [-0.25, -0.2) is 4.90 Å². The van der Waals surface area contributed by atoms with E-state index in [1.54, 1.807) is 0 Å². The molecule has 3 heterocycles. The summed E-state index contributed by atoms with van der Waals surface area (Å²) < 4.78 is 0. The van der Waals surface area contributed by atoms with Gasteiger partial charge in [-0.2, -0.15) is 0 Å². The van der Waals surface area contributed by atoms with Crippen LogP contribution < -0.4 is 0 Å². The first-order valence-electron chi connectivity index (χ1n) is 12.1. The van der Waals surface area contributed by atoms with E-state index in [9.17, 15) is 34.6 Å². The maximum absolute atomic E-state index is 13.3. The molecule has 0 atom stereocenters. The number of nitro benzene ring substituents is 2. The van der Waals surface area contributed by atoms with Gasteiger partial charge in [-0.1, -0.05) is 12.2 Å². The molecule has 0 fully saturated rings. The summed E-state index contributed by atoms with van der Waals surface area (Å²) in [6.07, 6.45) is 8.50. The van der Waals surface area contributed by atoms with Gasteiger partial charge in [0.2, 0.25) is 5.91 Å². The molecule has 0 saturated carbocycles. The number of aromatic amines is 2. The number of nitrogens with one attached hydrogen (secondary N) is 2. The number of nitro groups is 2. The summed E-state index contributed by atoms with van der Waals surface area (Å²) in [5.41, 5.74) is 1.13. The second kappa shape index (κ2) is 8.58. The minimum atomic E-state index is -0.855. The summed E-state index contributed by atoms with van der Waals surface area (Å²) in [6.45, 7) is 1.08. The number of aromatic nitrogens is 2. The molecule has 5 aromatic rings. The van der Waals surface area contributed by atoms with Crippen LogP contribution in [-0.2, 0) is 4.79 Å². The molecule has 1 aliphatic carbocycles. The molecule has 194 valence electrons. The normalized spacial score (nSPS) is 14.4. The summed E-state index contributed by atoms with van der Waals surface area (Å²) in [4.78, 5) is 67.2. The highest BCUT2D eigenvalue weighted by Gasteiger charge is 2.43. The highest BCUT2D eigenvalue weighted by atomic mass is 16.6. The number of fused-ring (bicyclic) bond motifs is 10. The molecule has 0 spiro atoms. The summed E-state index contributed by atoms with van der Waals surface area (Å²) in [5.74, 6) is -2.50. The van der Waals surface area contributed by atoms with Crippen molar-refractivity contribution in [3.63, 3.8) is 0 Å². The van der Waals surface area contributed by atoms with Gasteiger partial charge in [-0.05, 0) is 31.4 Å². The van der Waals surface area contributed by atoms with E-state index in [1.165, 1.54) is 55.7 Å². The highest BCUT2D eigenvalue weighted by molar-refractivity contribution is 6.41. The molecule has 3 amide bonds. The standard InChI is InChI=1S/C22H11N5O7.C5H8/c1-8(28)25-21(29)17-15-11-6-9(26(31)32)2-4-13(11)23-19(15)20-16(18(17)22(25)30)12-7-10(27(33)34)3-5-14(12)24-20;1-2-4-5-3-1/h2-7,23-24H,1H3;1-2H,3-5H2. The summed E-state index contributed by atoms with van der Waals surface area (Å²) in [6, 6.07) is 8.17. The zero-order valence-electron chi connectivity index (χ0n) is 20.4. The van der Waals surface area contributed by atoms with Gasteiger partial charge in [-0.15, -0.1) is 0 Å². The smallest absolute Gasteiger partial charge is 0.270 e.